The van der Waals surface area contributed by atoms with Crippen molar-refractivity contribution >= 4 is 34.8 Å². The van der Waals surface area contributed by atoms with Gasteiger partial charge in [-0.15, -0.1) is 0 Å². The molecule has 0 radical (unpaired) electrons. The van der Waals surface area contributed by atoms with E-state index >= 15 is 0 Å². The molecular weight excluding hydrogens is 338 g/mol. The molecule has 6 heteroatoms. The second kappa shape index (κ2) is 7.59. The second-order valence-electron chi connectivity index (χ2n) is 5.15. The van der Waals surface area contributed by atoms with Gasteiger partial charge in [-0.05, 0) is 36.4 Å². The standard InChI is InChI=1S/C19H14ClN3O2/c20-14-8-2-4-10-16(14)23-18(24)13-7-1-3-9-15(13)22-19(25)17-11-5-6-12-21-17/h1-12H,(H,22,25)(H,23,24). The molecule has 3 rings (SSSR count). The number of benzene rings is 2. The molecule has 0 aliphatic carbocycles. The lowest BCUT2D eigenvalue weighted by atomic mass is 10.1. The van der Waals surface area contributed by atoms with E-state index in [1.807, 2.05) is 0 Å². The van der Waals surface area contributed by atoms with Crippen LogP contribution in [-0.2, 0) is 0 Å². The van der Waals surface area contributed by atoms with Crippen LogP contribution >= 0.6 is 11.6 Å². The first-order valence-corrected chi connectivity index (χ1v) is 7.90. The molecule has 2 aromatic carbocycles. The lowest BCUT2D eigenvalue weighted by Gasteiger charge is -2.12. The molecule has 2 N–H and O–H groups in total. The number of anilines is 2. The fourth-order valence-corrected chi connectivity index (χ4v) is 2.41. The van der Waals surface area contributed by atoms with Crippen LogP contribution in [0.3, 0.4) is 0 Å². The quantitative estimate of drug-likeness (QED) is 0.738. The summed E-state index contributed by atoms with van der Waals surface area (Å²) in [6, 6.07) is 18.7. The summed E-state index contributed by atoms with van der Waals surface area (Å²) in [7, 11) is 0. The van der Waals surface area contributed by atoms with Gasteiger partial charge in [-0.25, -0.2) is 0 Å². The van der Waals surface area contributed by atoms with Crippen molar-refractivity contribution in [2.75, 3.05) is 10.6 Å². The molecule has 0 fully saturated rings. The Hall–Kier alpha value is -3.18. The fourth-order valence-electron chi connectivity index (χ4n) is 2.23. The van der Waals surface area contributed by atoms with E-state index in [1.165, 1.54) is 6.20 Å². The average molecular weight is 352 g/mol. The summed E-state index contributed by atoms with van der Waals surface area (Å²) in [5, 5.41) is 5.89. The Kier molecular flexibility index (Phi) is 5.06. The fraction of sp³-hybridized carbons (Fsp3) is 0. The number of halogens is 1. The van der Waals surface area contributed by atoms with E-state index in [-0.39, 0.29) is 11.6 Å². The predicted octanol–water partition coefficient (Wildman–Crippen LogP) is 4.24. The first-order valence-electron chi connectivity index (χ1n) is 7.52. The summed E-state index contributed by atoms with van der Waals surface area (Å²) in [4.78, 5) is 28.8. The smallest absolute Gasteiger partial charge is 0.274 e. The Balaban J connectivity index is 1.82. The molecule has 0 saturated heterocycles. The van der Waals surface area contributed by atoms with Crippen molar-refractivity contribution in [3.8, 4) is 0 Å². The van der Waals surface area contributed by atoms with Crippen LogP contribution in [0.15, 0.2) is 72.9 Å². The summed E-state index contributed by atoms with van der Waals surface area (Å²) in [6.45, 7) is 0. The van der Waals surface area contributed by atoms with Gasteiger partial charge >= 0.3 is 0 Å². The van der Waals surface area contributed by atoms with Crippen molar-refractivity contribution in [3.63, 3.8) is 0 Å². The summed E-state index contributed by atoms with van der Waals surface area (Å²) in [6.07, 6.45) is 1.53. The molecule has 0 aliphatic rings. The maximum atomic E-state index is 12.6. The van der Waals surface area contributed by atoms with Gasteiger partial charge in [0.2, 0.25) is 0 Å². The summed E-state index contributed by atoms with van der Waals surface area (Å²) >= 11 is 6.07. The molecule has 2 amide bonds. The minimum atomic E-state index is -0.390. The minimum absolute atomic E-state index is 0.267. The normalized spacial score (nSPS) is 10.1. The number of nitrogens with zero attached hydrogens (tertiary/aromatic N) is 1. The summed E-state index contributed by atoms with van der Waals surface area (Å²) < 4.78 is 0. The molecule has 0 spiro atoms. The first kappa shape index (κ1) is 16.7. The zero-order valence-corrected chi connectivity index (χ0v) is 13.8. The molecule has 0 bridgehead atoms. The van der Waals surface area contributed by atoms with Crippen LogP contribution in [0.4, 0.5) is 11.4 Å². The number of rotatable bonds is 4. The molecule has 5 nitrogen and oxygen atoms in total. The first-order chi connectivity index (χ1) is 12.1. The maximum absolute atomic E-state index is 12.6. The highest BCUT2D eigenvalue weighted by Gasteiger charge is 2.15. The molecule has 25 heavy (non-hydrogen) atoms. The monoisotopic (exact) mass is 351 g/mol. The Morgan fingerprint density at radius 1 is 0.760 bits per heavy atom. The molecule has 1 aromatic heterocycles. The lowest BCUT2D eigenvalue weighted by Crippen LogP contribution is -2.19. The number of carbonyl (C=O) groups excluding carboxylic acids is 2. The molecule has 0 saturated carbocycles. The number of hydrogen-bond acceptors (Lipinski definition) is 3. The molecular formula is C19H14ClN3O2. The van der Waals surface area contributed by atoms with Crippen LogP contribution in [-0.4, -0.2) is 16.8 Å². The number of hydrogen-bond donors (Lipinski definition) is 2. The average Bonchev–Trinajstić information content (AvgIpc) is 2.64. The molecule has 3 aromatic rings. The molecule has 0 aliphatic heterocycles. The van der Waals surface area contributed by atoms with E-state index in [1.54, 1.807) is 66.7 Å². The maximum Gasteiger partial charge on any atom is 0.274 e. The number of aromatic nitrogens is 1. The van der Waals surface area contributed by atoms with Gasteiger partial charge in [-0.2, -0.15) is 0 Å². The van der Waals surface area contributed by atoms with Crippen molar-refractivity contribution in [1.29, 1.82) is 0 Å². The number of pyridine rings is 1. The number of carbonyl (C=O) groups is 2. The van der Waals surface area contributed by atoms with Gasteiger partial charge in [0.15, 0.2) is 0 Å². The topological polar surface area (TPSA) is 71.1 Å². The van der Waals surface area contributed by atoms with E-state index in [0.29, 0.717) is 22.0 Å². The molecule has 0 atom stereocenters. The van der Waals surface area contributed by atoms with Gasteiger partial charge in [-0.1, -0.05) is 41.9 Å². The Labute approximate surface area is 149 Å². The number of amides is 2. The Morgan fingerprint density at radius 2 is 1.40 bits per heavy atom. The van der Waals surface area contributed by atoms with Gasteiger partial charge in [0.05, 0.1) is 22.0 Å². The highest BCUT2D eigenvalue weighted by molar-refractivity contribution is 6.34. The van der Waals surface area contributed by atoms with Crippen molar-refractivity contribution in [2.24, 2.45) is 0 Å². The van der Waals surface area contributed by atoms with Crippen LogP contribution < -0.4 is 10.6 Å². The van der Waals surface area contributed by atoms with Crippen molar-refractivity contribution in [2.45, 2.75) is 0 Å². The third-order valence-corrected chi connectivity index (χ3v) is 3.77. The highest BCUT2D eigenvalue weighted by atomic mass is 35.5. The third kappa shape index (κ3) is 4.02. The third-order valence-electron chi connectivity index (χ3n) is 3.44. The van der Waals surface area contributed by atoms with Gasteiger partial charge < -0.3 is 10.6 Å². The van der Waals surface area contributed by atoms with Crippen LogP contribution in [0.1, 0.15) is 20.8 Å². The Bertz CT molecular complexity index is 913. The van der Waals surface area contributed by atoms with Gasteiger partial charge in [-0.3, -0.25) is 14.6 Å². The van der Waals surface area contributed by atoms with E-state index in [2.05, 4.69) is 15.6 Å². The SMILES string of the molecule is O=C(Nc1ccccc1C(=O)Nc1ccccc1Cl)c1ccccn1. The van der Waals surface area contributed by atoms with E-state index in [4.69, 9.17) is 11.6 Å². The van der Waals surface area contributed by atoms with Gasteiger partial charge in [0, 0.05) is 6.20 Å². The van der Waals surface area contributed by atoms with Crippen LogP contribution in [0.5, 0.6) is 0 Å². The largest absolute Gasteiger partial charge is 0.321 e. The number of para-hydroxylation sites is 2. The minimum Gasteiger partial charge on any atom is -0.321 e. The lowest BCUT2D eigenvalue weighted by molar-refractivity contribution is 0.102. The highest BCUT2D eigenvalue weighted by Crippen LogP contribution is 2.23. The predicted molar refractivity (Wildman–Crippen MR) is 98.0 cm³/mol. The Morgan fingerprint density at radius 3 is 2.12 bits per heavy atom. The van der Waals surface area contributed by atoms with Crippen molar-refractivity contribution in [3.05, 3.63) is 89.2 Å². The van der Waals surface area contributed by atoms with Crippen LogP contribution in [0.25, 0.3) is 0 Å². The molecule has 124 valence electrons. The van der Waals surface area contributed by atoms with Gasteiger partial charge in [0.25, 0.3) is 11.8 Å². The van der Waals surface area contributed by atoms with Crippen LogP contribution in [0.2, 0.25) is 5.02 Å². The van der Waals surface area contributed by atoms with Gasteiger partial charge in [0.1, 0.15) is 5.69 Å². The molecule has 0 unspecified atom stereocenters. The summed E-state index contributed by atoms with van der Waals surface area (Å²) in [5.74, 6) is -0.761. The number of nitrogens with one attached hydrogen (secondary N) is 2. The zero-order valence-electron chi connectivity index (χ0n) is 13.1. The summed E-state index contributed by atoms with van der Waals surface area (Å²) in [5.41, 5.74) is 1.48. The van der Waals surface area contributed by atoms with Crippen molar-refractivity contribution < 1.29 is 9.59 Å². The molecule has 1 heterocycles. The van der Waals surface area contributed by atoms with E-state index in [0.717, 1.165) is 0 Å². The van der Waals surface area contributed by atoms with Crippen molar-refractivity contribution in [1.82, 2.24) is 4.98 Å². The zero-order chi connectivity index (χ0) is 17.6. The van der Waals surface area contributed by atoms with Crippen LogP contribution in [0, 0.1) is 0 Å². The van der Waals surface area contributed by atoms with E-state index < -0.39 is 5.91 Å². The second-order valence-corrected chi connectivity index (χ2v) is 5.56. The van der Waals surface area contributed by atoms with E-state index in [9.17, 15) is 9.59 Å².